The summed E-state index contributed by atoms with van der Waals surface area (Å²) in [5.74, 6) is 0.0200. The van der Waals surface area contributed by atoms with Crippen molar-refractivity contribution in [2.24, 2.45) is 5.14 Å². The third-order valence-corrected chi connectivity index (χ3v) is 6.12. The van der Waals surface area contributed by atoms with E-state index in [1.54, 1.807) is 17.0 Å². The van der Waals surface area contributed by atoms with E-state index in [0.717, 1.165) is 11.1 Å². The van der Waals surface area contributed by atoms with Crippen LogP contribution < -0.4 is 15.8 Å². The average molecular weight is 431 g/mol. The van der Waals surface area contributed by atoms with Gasteiger partial charge >= 0.3 is 6.03 Å². The van der Waals surface area contributed by atoms with Crippen molar-refractivity contribution in [2.75, 3.05) is 13.1 Å². The molecule has 2 atom stereocenters. The predicted octanol–water partition coefficient (Wildman–Crippen LogP) is 1.54. The van der Waals surface area contributed by atoms with Crippen molar-refractivity contribution in [3.63, 3.8) is 0 Å². The Morgan fingerprint density at radius 3 is 2.47 bits per heavy atom. The lowest BCUT2D eigenvalue weighted by Crippen LogP contribution is -2.44. The van der Waals surface area contributed by atoms with Gasteiger partial charge in [-0.25, -0.2) is 18.4 Å². The summed E-state index contributed by atoms with van der Waals surface area (Å²) in [4.78, 5) is 26.4. The molecule has 0 saturated carbocycles. The fourth-order valence-corrected chi connectivity index (χ4v) is 4.03. The maximum Gasteiger partial charge on any atom is 0.315 e. The molecule has 2 aromatic rings. The Bertz CT molecular complexity index is 993. The minimum absolute atomic E-state index is 0.0200. The Morgan fingerprint density at radius 2 is 1.83 bits per heavy atom. The summed E-state index contributed by atoms with van der Waals surface area (Å²) < 4.78 is 22.5. The highest BCUT2D eigenvalue weighted by atomic mass is 32.2. The van der Waals surface area contributed by atoms with Crippen LogP contribution in [0.5, 0.6) is 0 Å². The van der Waals surface area contributed by atoms with Gasteiger partial charge in [0.15, 0.2) is 0 Å². The number of nitrogens with two attached hydrogens (primary N) is 1. The molecule has 0 bridgehead atoms. The van der Waals surface area contributed by atoms with E-state index in [2.05, 4.69) is 10.6 Å². The van der Waals surface area contributed by atoms with E-state index in [1.807, 2.05) is 37.3 Å². The molecule has 0 radical (unpaired) electrons. The normalized spacial score (nSPS) is 17.6. The summed E-state index contributed by atoms with van der Waals surface area (Å²) in [5.41, 5.74) is 1.94. The smallest absolute Gasteiger partial charge is 0.315 e. The van der Waals surface area contributed by atoms with Crippen LogP contribution in [0.15, 0.2) is 59.5 Å². The second-order valence-electron chi connectivity index (χ2n) is 7.37. The van der Waals surface area contributed by atoms with Gasteiger partial charge < -0.3 is 15.5 Å². The number of carbonyl (C=O) groups excluding carboxylic acids is 2. The number of urea groups is 1. The third-order valence-electron chi connectivity index (χ3n) is 5.19. The van der Waals surface area contributed by atoms with Crippen LogP contribution in [-0.2, 0) is 21.2 Å². The van der Waals surface area contributed by atoms with Gasteiger partial charge in [-0.15, -0.1) is 0 Å². The standard InChI is InChI=1S/C21H26N4O4S/c1-15(17-5-3-2-4-6-17)25-14-18(13-20(25)26)24-21(27)23-12-11-16-7-9-19(10-8-16)30(22,28)29/h2-10,15,18H,11-14H2,1H3,(H2,22,28,29)(H2,23,24,27). The minimum Gasteiger partial charge on any atom is -0.338 e. The zero-order chi connectivity index (χ0) is 21.7. The monoisotopic (exact) mass is 430 g/mol. The van der Waals surface area contributed by atoms with Gasteiger partial charge in [-0.1, -0.05) is 42.5 Å². The van der Waals surface area contributed by atoms with Crippen molar-refractivity contribution >= 4 is 22.0 Å². The predicted molar refractivity (Wildman–Crippen MR) is 113 cm³/mol. The van der Waals surface area contributed by atoms with Gasteiger partial charge in [-0.3, -0.25) is 4.79 Å². The number of hydrogen-bond acceptors (Lipinski definition) is 4. The first-order chi connectivity index (χ1) is 14.2. The van der Waals surface area contributed by atoms with Gasteiger partial charge in [-0.05, 0) is 36.6 Å². The number of rotatable bonds is 7. The van der Waals surface area contributed by atoms with Gasteiger partial charge in [-0.2, -0.15) is 0 Å². The van der Waals surface area contributed by atoms with E-state index in [9.17, 15) is 18.0 Å². The zero-order valence-electron chi connectivity index (χ0n) is 16.7. The van der Waals surface area contributed by atoms with Crippen LogP contribution in [0.25, 0.3) is 0 Å². The lowest BCUT2D eigenvalue weighted by Gasteiger charge is -2.25. The molecule has 1 saturated heterocycles. The quantitative estimate of drug-likeness (QED) is 0.617. The minimum atomic E-state index is -3.71. The summed E-state index contributed by atoms with van der Waals surface area (Å²) in [6.45, 7) is 2.83. The number of nitrogens with zero attached hydrogens (tertiary/aromatic N) is 1. The molecular formula is C21H26N4O4S. The molecule has 160 valence electrons. The third kappa shape index (κ3) is 5.58. The van der Waals surface area contributed by atoms with Gasteiger partial charge in [0, 0.05) is 19.5 Å². The fourth-order valence-electron chi connectivity index (χ4n) is 3.52. The maximum atomic E-state index is 12.4. The van der Waals surface area contributed by atoms with Crippen molar-refractivity contribution in [2.45, 2.75) is 36.7 Å². The van der Waals surface area contributed by atoms with E-state index in [0.29, 0.717) is 19.5 Å². The highest BCUT2D eigenvalue weighted by molar-refractivity contribution is 7.89. The van der Waals surface area contributed by atoms with Gasteiger partial charge in [0.25, 0.3) is 0 Å². The Hall–Kier alpha value is -2.91. The lowest BCUT2D eigenvalue weighted by molar-refractivity contribution is -0.129. The molecule has 8 nitrogen and oxygen atoms in total. The Kier molecular flexibility index (Phi) is 6.73. The van der Waals surface area contributed by atoms with Crippen molar-refractivity contribution < 1.29 is 18.0 Å². The van der Waals surface area contributed by atoms with Crippen LogP contribution in [0.1, 0.15) is 30.5 Å². The molecule has 30 heavy (non-hydrogen) atoms. The molecule has 2 aromatic carbocycles. The van der Waals surface area contributed by atoms with Crippen LogP contribution in [-0.4, -0.2) is 44.4 Å². The number of primary sulfonamides is 1. The largest absolute Gasteiger partial charge is 0.338 e. The lowest BCUT2D eigenvalue weighted by atomic mass is 10.1. The summed E-state index contributed by atoms with van der Waals surface area (Å²) in [7, 11) is -3.71. The molecule has 0 aliphatic carbocycles. The number of carbonyl (C=O) groups is 2. The molecule has 3 rings (SSSR count). The van der Waals surface area contributed by atoms with E-state index < -0.39 is 10.0 Å². The molecule has 0 aromatic heterocycles. The highest BCUT2D eigenvalue weighted by Gasteiger charge is 2.33. The molecule has 2 unspecified atom stereocenters. The van der Waals surface area contributed by atoms with Crippen LogP contribution in [0, 0.1) is 0 Å². The van der Waals surface area contributed by atoms with Crippen LogP contribution in [0.2, 0.25) is 0 Å². The topological polar surface area (TPSA) is 122 Å². The fraction of sp³-hybridized carbons (Fsp3) is 0.333. The number of benzene rings is 2. The molecule has 0 spiro atoms. The SMILES string of the molecule is CC(c1ccccc1)N1CC(NC(=O)NCCc2ccc(S(N)(=O)=O)cc2)CC1=O. The number of hydrogen-bond donors (Lipinski definition) is 3. The van der Waals surface area contributed by atoms with Gasteiger partial charge in [0.2, 0.25) is 15.9 Å². The van der Waals surface area contributed by atoms with Crippen LogP contribution >= 0.6 is 0 Å². The molecule has 9 heteroatoms. The molecule has 1 aliphatic rings. The van der Waals surface area contributed by atoms with E-state index in [1.165, 1.54) is 12.1 Å². The van der Waals surface area contributed by atoms with Crippen LogP contribution in [0.3, 0.4) is 0 Å². The summed E-state index contributed by atoms with van der Waals surface area (Å²) in [5, 5.41) is 10.7. The van der Waals surface area contributed by atoms with Crippen molar-refractivity contribution in [1.29, 1.82) is 0 Å². The van der Waals surface area contributed by atoms with Crippen molar-refractivity contribution in [1.82, 2.24) is 15.5 Å². The average Bonchev–Trinajstić information content (AvgIpc) is 3.07. The maximum absolute atomic E-state index is 12.4. The van der Waals surface area contributed by atoms with E-state index in [-0.39, 0.29) is 35.3 Å². The first-order valence-corrected chi connectivity index (χ1v) is 11.3. The number of sulfonamides is 1. The Labute approximate surface area is 176 Å². The summed E-state index contributed by atoms with van der Waals surface area (Å²) in [6, 6.07) is 15.4. The number of amides is 3. The van der Waals surface area contributed by atoms with Gasteiger partial charge in [0.1, 0.15) is 0 Å². The zero-order valence-corrected chi connectivity index (χ0v) is 17.6. The Morgan fingerprint density at radius 1 is 1.17 bits per heavy atom. The van der Waals surface area contributed by atoms with Crippen molar-refractivity contribution in [3.05, 3.63) is 65.7 Å². The van der Waals surface area contributed by atoms with Crippen molar-refractivity contribution in [3.8, 4) is 0 Å². The molecule has 4 N–H and O–H groups in total. The first kappa shape index (κ1) is 21.8. The number of likely N-dealkylation sites (tertiary alicyclic amines) is 1. The summed E-state index contributed by atoms with van der Waals surface area (Å²) in [6.07, 6.45) is 0.818. The molecule has 3 amide bonds. The van der Waals surface area contributed by atoms with E-state index >= 15 is 0 Å². The summed E-state index contributed by atoms with van der Waals surface area (Å²) >= 11 is 0. The van der Waals surface area contributed by atoms with Gasteiger partial charge in [0.05, 0.1) is 17.0 Å². The van der Waals surface area contributed by atoms with E-state index in [4.69, 9.17) is 5.14 Å². The van der Waals surface area contributed by atoms with Crippen LogP contribution in [0.4, 0.5) is 4.79 Å². The number of nitrogens with one attached hydrogen (secondary N) is 2. The molecular weight excluding hydrogens is 404 g/mol. The highest BCUT2D eigenvalue weighted by Crippen LogP contribution is 2.25. The second kappa shape index (κ2) is 9.27. The Balaban J connectivity index is 1.45. The first-order valence-electron chi connectivity index (χ1n) is 9.74. The molecule has 1 fully saturated rings. The molecule has 1 aliphatic heterocycles. The second-order valence-corrected chi connectivity index (χ2v) is 8.93. The molecule has 1 heterocycles.